The van der Waals surface area contributed by atoms with Gasteiger partial charge in [0.1, 0.15) is 23.4 Å². The molecule has 1 aromatic heterocycles. The van der Waals surface area contributed by atoms with Crippen LogP contribution in [0.25, 0.3) is 0 Å². The van der Waals surface area contributed by atoms with Crippen LogP contribution in [-0.2, 0) is 6.42 Å². The number of nitrogens with zero attached hydrogens (tertiary/aromatic N) is 4. The fourth-order valence-corrected chi connectivity index (χ4v) is 1.23. The Morgan fingerprint density at radius 2 is 2.07 bits per heavy atom. The summed E-state index contributed by atoms with van der Waals surface area (Å²) >= 11 is 0. The second-order valence-electron chi connectivity index (χ2n) is 4.13. The van der Waals surface area contributed by atoms with E-state index < -0.39 is 0 Å². The van der Waals surface area contributed by atoms with Crippen molar-refractivity contribution >= 4 is 5.82 Å². The van der Waals surface area contributed by atoms with Gasteiger partial charge in [0.25, 0.3) is 0 Å². The topological polar surface area (TPSA) is 52.8 Å². The third kappa shape index (κ3) is 3.21. The van der Waals surface area contributed by atoms with Gasteiger partial charge in [-0.3, -0.25) is 0 Å². The van der Waals surface area contributed by atoms with Crippen LogP contribution in [0.3, 0.4) is 0 Å². The van der Waals surface area contributed by atoms with Crippen LogP contribution < -0.4 is 4.90 Å². The molecule has 0 saturated carbocycles. The maximum absolute atomic E-state index is 8.84. The molecular weight excluding hydrogens is 188 g/mol. The molecule has 0 atom stereocenters. The number of hydrogen-bond acceptors (Lipinski definition) is 4. The Morgan fingerprint density at radius 1 is 1.40 bits per heavy atom. The lowest BCUT2D eigenvalue weighted by molar-refractivity contribution is 0.619. The van der Waals surface area contributed by atoms with E-state index in [2.05, 4.69) is 29.9 Å². The predicted molar refractivity (Wildman–Crippen MR) is 59.6 cm³/mol. The standard InChI is InChI=1S/C11H16N4/c1-8(2)5-10-13-9(7-12)6-11(14-10)15(3)4/h6,8H,5H2,1-4H3. The monoisotopic (exact) mass is 204 g/mol. The molecule has 0 radical (unpaired) electrons. The lowest BCUT2D eigenvalue weighted by atomic mass is 10.1. The molecule has 0 N–H and O–H groups in total. The maximum Gasteiger partial charge on any atom is 0.146 e. The summed E-state index contributed by atoms with van der Waals surface area (Å²) in [6.07, 6.45) is 0.802. The number of anilines is 1. The van der Waals surface area contributed by atoms with Crippen molar-refractivity contribution < 1.29 is 0 Å². The fraction of sp³-hybridized carbons (Fsp3) is 0.545. The molecule has 0 aliphatic rings. The predicted octanol–water partition coefficient (Wildman–Crippen LogP) is 1.61. The fourth-order valence-electron chi connectivity index (χ4n) is 1.23. The minimum absolute atomic E-state index is 0.435. The van der Waals surface area contributed by atoms with Crippen molar-refractivity contribution in [2.75, 3.05) is 19.0 Å². The van der Waals surface area contributed by atoms with Crippen LogP contribution in [0.4, 0.5) is 5.82 Å². The Morgan fingerprint density at radius 3 is 2.53 bits per heavy atom. The van der Waals surface area contributed by atoms with Gasteiger partial charge in [0.15, 0.2) is 0 Å². The molecule has 4 nitrogen and oxygen atoms in total. The lowest BCUT2D eigenvalue weighted by Gasteiger charge is -2.13. The van der Waals surface area contributed by atoms with Crippen LogP contribution in [0.2, 0.25) is 0 Å². The number of hydrogen-bond donors (Lipinski definition) is 0. The highest BCUT2D eigenvalue weighted by Crippen LogP contribution is 2.11. The molecule has 0 aliphatic carbocycles. The zero-order valence-electron chi connectivity index (χ0n) is 9.65. The molecule has 0 spiro atoms. The molecule has 4 heteroatoms. The summed E-state index contributed by atoms with van der Waals surface area (Å²) < 4.78 is 0. The summed E-state index contributed by atoms with van der Waals surface area (Å²) in [6.45, 7) is 4.22. The van der Waals surface area contributed by atoms with Crippen molar-refractivity contribution in [2.24, 2.45) is 5.92 Å². The molecule has 15 heavy (non-hydrogen) atoms. The van der Waals surface area contributed by atoms with Gasteiger partial charge >= 0.3 is 0 Å². The summed E-state index contributed by atoms with van der Waals surface area (Å²) in [7, 11) is 3.81. The molecule has 0 aromatic carbocycles. The van der Waals surface area contributed by atoms with E-state index >= 15 is 0 Å². The Kier molecular flexibility index (Phi) is 3.62. The zero-order chi connectivity index (χ0) is 11.4. The van der Waals surface area contributed by atoms with E-state index in [4.69, 9.17) is 5.26 Å². The number of aromatic nitrogens is 2. The van der Waals surface area contributed by atoms with E-state index in [0.29, 0.717) is 11.6 Å². The van der Waals surface area contributed by atoms with Crippen molar-refractivity contribution in [2.45, 2.75) is 20.3 Å². The van der Waals surface area contributed by atoms with Gasteiger partial charge in [-0.1, -0.05) is 13.8 Å². The second-order valence-corrected chi connectivity index (χ2v) is 4.13. The van der Waals surface area contributed by atoms with Crippen LogP contribution in [0.15, 0.2) is 6.07 Å². The number of nitriles is 1. The third-order valence-corrected chi connectivity index (χ3v) is 1.92. The highest BCUT2D eigenvalue weighted by Gasteiger charge is 2.07. The first-order valence-corrected chi connectivity index (χ1v) is 4.98. The van der Waals surface area contributed by atoms with Crippen LogP contribution in [0.1, 0.15) is 25.4 Å². The average molecular weight is 204 g/mol. The Hall–Kier alpha value is -1.63. The summed E-state index contributed by atoms with van der Waals surface area (Å²) in [4.78, 5) is 10.4. The molecular formula is C11H16N4. The molecule has 1 rings (SSSR count). The zero-order valence-corrected chi connectivity index (χ0v) is 9.65. The Labute approximate surface area is 90.6 Å². The average Bonchev–Trinajstić information content (AvgIpc) is 2.16. The maximum atomic E-state index is 8.84. The molecule has 0 unspecified atom stereocenters. The summed E-state index contributed by atoms with van der Waals surface area (Å²) in [5, 5.41) is 8.84. The molecule has 0 bridgehead atoms. The van der Waals surface area contributed by atoms with Crippen LogP contribution in [0.5, 0.6) is 0 Å². The van der Waals surface area contributed by atoms with Gasteiger partial charge < -0.3 is 4.90 Å². The molecule has 0 aliphatic heterocycles. The highest BCUT2D eigenvalue weighted by molar-refractivity contribution is 5.41. The van der Waals surface area contributed by atoms with E-state index in [0.717, 1.165) is 18.1 Å². The highest BCUT2D eigenvalue weighted by atomic mass is 15.1. The van der Waals surface area contributed by atoms with Crippen LogP contribution in [0, 0.1) is 17.2 Å². The van der Waals surface area contributed by atoms with Crippen molar-refractivity contribution in [3.05, 3.63) is 17.6 Å². The summed E-state index contributed by atoms with van der Waals surface area (Å²) in [5.74, 6) is 2.03. The molecule has 1 heterocycles. The Bertz CT molecular complexity index is 377. The first-order chi connectivity index (χ1) is 7.02. The van der Waals surface area contributed by atoms with Gasteiger partial charge in [0.2, 0.25) is 0 Å². The third-order valence-electron chi connectivity index (χ3n) is 1.92. The smallest absolute Gasteiger partial charge is 0.146 e. The SMILES string of the molecule is CC(C)Cc1nc(C#N)cc(N(C)C)n1. The lowest BCUT2D eigenvalue weighted by Crippen LogP contribution is -2.13. The van der Waals surface area contributed by atoms with Crippen molar-refractivity contribution in [1.29, 1.82) is 5.26 Å². The molecule has 0 fully saturated rings. The van der Waals surface area contributed by atoms with E-state index in [1.807, 2.05) is 19.0 Å². The van der Waals surface area contributed by atoms with Gasteiger partial charge in [-0.15, -0.1) is 0 Å². The van der Waals surface area contributed by atoms with E-state index in [-0.39, 0.29) is 0 Å². The van der Waals surface area contributed by atoms with Crippen LogP contribution in [-0.4, -0.2) is 24.1 Å². The van der Waals surface area contributed by atoms with Gasteiger partial charge in [-0.2, -0.15) is 5.26 Å². The normalized spacial score (nSPS) is 10.1. The van der Waals surface area contributed by atoms with E-state index in [9.17, 15) is 0 Å². The van der Waals surface area contributed by atoms with Gasteiger partial charge in [-0.05, 0) is 5.92 Å². The largest absolute Gasteiger partial charge is 0.363 e. The van der Waals surface area contributed by atoms with Crippen LogP contribution >= 0.6 is 0 Å². The Balaban J connectivity index is 3.07. The van der Waals surface area contributed by atoms with Crippen molar-refractivity contribution in [1.82, 2.24) is 9.97 Å². The van der Waals surface area contributed by atoms with E-state index in [1.165, 1.54) is 0 Å². The second kappa shape index (κ2) is 4.74. The number of rotatable bonds is 3. The minimum atomic E-state index is 0.435. The quantitative estimate of drug-likeness (QED) is 0.750. The molecule has 0 saturated heterocycles. The summed E-state index contributed by atoms with van der Waals surface area (Å²) in [6, 6.07) is 3.76. The minimum Gasteiger partial charge on any atom is -0.363 e. The summed E-state index contributed by atoms with van der Waals surface area (Å²) in [5.41, 5.74) is 0.435. The molecule has 1 aromatic rings. The van der Waals surface area contributed by atoms with Gasteiger partial charge in [0, 0.05) is 26.6 Å². The first-order valence-electron chi connectivity index (χ1n) is 4.98. The van der Waals surface area contributed by atoms with E-state index in [1.54, 1.807) is 6.07 Å². The molecule has 80 valence electrons. The van der Waals surface area contributed by atoms with Gasteiger partial charge in [0.05, 0.1) is 0 Å². The van der Waals surface area contributed by atoms with Crippen molar-refractivity contribution in [3.8, 4) is 6.07 Å². The first kappa shape index (κ1) is 11.4. The molecule has 0 amide bonds. The van der Waals surface area contributed by atoms with Crippen molar-refractivity contribution in [3.63, 3.8) is 0 Å². The van der Waals surface area contributed by atoms with Gasteiger partial charge in [-0.25, -0.2) is 9.97 Å².